The minimum absolute atomic E-state index is 0.0156. The molecule has 1 aromatic carbocycles. The normalized spacial score (nSPS) is 10.1. The quantitative estimate of drug-likeness (QED) is 0.897. The van der Waals surface area contributed by atoms with Gasteiger partial charge in [-0.05, 0) is 24.6 Å². The molecule has 0 radical (unpaired) electrons. The van der Waals surface area contributed by atoms with Crippen molar-refractivity contribution >= 4 is 5.97 Å². The maximum atomic E-state index is 10.9. The number of hydrogen-bond acceptors (Lipinski definition) is 3. The van der Waals surface area contributed by atoms with Crippen LogP contribution in [0.2, 0.25) is 0 Å². The summed E-state index contributed by atoms with van der Waals surface area (Å²) in [5, 5.41) is 8.92. The van der Waals surface area contributed by atoms with Gasteiger partial charge < -0.3 is 9.84 Å². The molecule has 0 aliphatic heterocycles. The van der Waals surface area contributed by atoms with Crippen molar-refractivity contribution in [3.05, 3.63) is 48.2 Å². The van der Waals surface area contributed by atoms with Crippen LogP contribution in [0.3, 0.4) is 0 Å². The van der Waals surface area contributed by atoms with Crippen LogP contribution in [0, 0.1) is 0 Å². The van der Waals surface area contributed by atoms with Gasteiger partial charge in [0.25, 0.3) is 0 Å². The van der Waals surface area contributed by atoms with Gasteiger partial charge in [0.05, 0.1) is 6.61 Å². The van der Waals surface area contributed by atoms with Crippen LogP contribution in [-0.2, 0) is 0 Å². The molecule has 1 heterocycles. The SMILES string of the molecule is CCOc1nc(C(=O)O)ccc1-c1ccccc1. The summed E-state index contributed by atoms with van der Waals surface area (Å²) in [5.74, 6) is -0.709. The van der Waals surface area contributed by atoms with Crippen molar-refractivity contribution in [3.8, 4) is 17.0 Å². The Morgan fingerprint density at radius 3 is 2.56 bits per heavy atom. The average Bonchev–Trinajstić information content (AvgIpc) is 2.40. The van der Waals surface area contributed by atoms with Crippen LogP contribution >= 0.6 is 0 Å². The third-order valence-corrected chi connectivity index (χ3v) is 2.45. The van der Waals surface area contributed by atoms with E-state index in [4.69, 9.17) is 9.84 Å². The van der Waals surface area contributed by atoms with Gasteiger partial charge in [-0.25, -0.2) is 9.78 Å². The fraction of sp³-hybridized carbons (Fsp3) is 0.143. The van der Waals surface area contributed by atoms with E-state index >= 15 is 0 Å². The molecule has 0 bridgehead atoms. The molecule has 1 aromatic heterocycles. The topological polar surface area (TPSA) is 59.4 Å². The third-order valence-electron chi connectivity index (χ3n) is 2.45. The number of carboxylic acid groups (broad SMARTS) is 1. The highest BCUT2D eigenvalue weighted by Crippen LogP contribution is 2.28. The van der Waals surface area contributed by atoms with Gasteiger partial charge in [0.15, 0.2) is 5.69 Å². The Labute approximate surface area is 105 Å². The molecule has 0 saturated heterocycles. The van der Waals surface area contributed by atoms with Gasteiger partial charge in [-0.1, -0.05) is 30.3 Å². The molecule has 1 N–H and O–H groups in total. The second kappa shape index (κ2) is 5.31. The van der Waals surface area contributed by atoms with Crippen LogP contribution < -0.4 is 4.74 Å². The van der Waals surface area contributed by atoms with E-state index in [1.807, 2.05) is 37.3 Å². The number of nitrogens with zero attached hydrogens (tertiary/aromatic N) is 1. The van der Waals surface area contributed by atoms with E-state index < -0.39 is 5.97 Å². The Kier molecular flexibility index (Phi) is 3.57. The fourth-order valence-electron chi connectivity index (χ4n) is 1.64. The smallest absolute Gasteiger partial charge is 0.354 e. The molecule has 2 aromatic rings. The predicted octanol–water partition coefficient (Wildman–Crippen LogP) is 2.85. The molecule has 0 fully saturated rings. The summed E-state index contributed by atoms with van der Waals surface area (Å²) in [6.07, 6.45) is 0. The van der Waals surface area contributed by atoms with Crippen molar-refractivity contribution in [2.24, 2.45) is 0 Å². The Morgan fingerprint density at radius 1 is 1.22 bits per heavy atom. The van der Waals surface area contributed by atoms with Gasteiger partial charge in [0.1, 0.15) is 0 Å². The largest absolute Gasteiger partial charge is 0.478 e. The molecule has 4 nitrogen and oxygen atoms in total. The summed E-state index contributed by atoms with van der Waals surface area (Å²) >= 11 is 0. The average molecular weight is 243 g/mol. The molecular formula is C14H13NO3. The molecule has 2 rings (SSSR count). The number of benzene rings is 1. The minimum Gasteiger partial charge on any atom is -0.478 e. The highest BCUT2D eigenvalue weighted by Gasteiger charge is 2.12. The van der Waals surface area contributed by atoms with Crippen LogP contribution in [0.15, 0.2) is 42.5 Å². The minimum atomic E-state index is -1.06. The first-order valence-corrected chi connectivity index (χ1v) is 5.65. The second-order valence-corrected chi connectivity index (χ2v) is 3.65. The lowest BCUT2D eigenvalue weighted by Gasteiger charge is -2.09. The van der Waals surface area contributed by atoms with Gasteiger partial charge in [0, 0.05) is 5.56 Å². The molecule has 0 amide bonds. The lowest BCUT2D eigenvalue weighted by atomic mass is 10.1. The van der Waals surface area contributed by atoms with E-state index in [-0.39, 0.29) is 5.69 Å². The first-order chi connectivity index (χ1) is 8.72. The number of hydrogen-bond donors (Lipinski definition) is 1. The Morgan fingerprint density at radius 2 is 1.94 bits per heavy atom. The van der Waals surface area contributed by atoms with Gasteiger partial charge in [-0.3, -0.25) is 0 Å². The Bertz CT molecular complexity index is 552. The lowest BCUT2D eigenvalue weighted by molar-refractivity contribution is 0.0689. The standard InChI is InChI=1S/C14H13NO3/c1-2-18-13-11(10-6-4-3-5-7-10)8-9-12(15-13)14(16)17/h3-9H,2H2,1H3,(H,16,17). The van der Waals surface area contributed by atoms with Crippen molar-refractivity contribution in [3.63, 3.8) is 0 Å². The summed E-state index contributed by atoms with van der Waals surface area (Å²) in [7, 11) is 0. The number of rotatable bonds is 4. The van der Waals surface area contributed by atoms with E-state index in [9.17, 15) is 4.79 Å². The van der Waals surface area contributed by atoms with Crippen LogP contribution in [0.5, 0.6) is 5.88 Å². The molecule has 0 saturated carbocycles. The number of aromatic carboxylic acids is 1. The number of carbonyl (C=O) groups is 1. The van der Waals surface area contributed by atoms with E-state index in [2.05, 4.69) is 4.98 Å². The van der Waals surface area contributed by atoms with E-state index in [1.54, 1.807) is 6.07 Å². The van der Waals surface area contributed by atoms with Crippen LogP contribution in [0.4, 0.5) is 0 Å². The van der Waals surface area contributed by atoms with Crippen LogP contribution in [0.25, 0.3) is 11.1 Å². The molecule has 0 spiro atoms. The summed E-state index contributed by atoms with van der Waals surface area (Å²) in [4.78, 5) is 14.9. The summed E-state index contributed by atoms with van der Waals surface area (Å²) in [6.45, 7) is 2.28. The van der Waals surface area contributed by atoms with Crippen molar-refractivity contribution in [2.75, 3.05) is 6.61 Å². The maximum Gasteiger partial charge on any atom is 0.354 e. The third kappa shape index (κ3) is 2.48. The zero-order valence-corrected chi connectivity index (χ0v) is 9.96. The molecule has 0 atom stereocenters. The van der Waals surface area contributed by atoms with E-state index in [0.29, 0.717) is 12.5 Å². The van der Waals surface area contributed by atoms with Gasteiger partial charge in [-0.15, -0.1) is 0 Å². The second-order valence-electron chi connectivity index (χ2n) is 3.65. The number of aromatic nitrogens is 1. The summed E-state index contributed by atoms with van der Waals surface area (Å²) < 4.78 is 5.41. The van der Waals surface area contributed by atoms with Crippen LogP contribution in [0.1, 0.15) is 17.4 Å². The zero-order chi connectivity index (χ0) is 13.0. The van der Waals surface area contributed by atoms with Gasteiger partial charge in [0.2, 0.25) is 5.88 Å². The molecule has 92 valence electrons. The molecule has 4 heteroatoms. The van der Waals surface area contributed by atoms with Gasteiger partial charge >= 0.3 is 5.97 Å². The van der Waals surface area contributed by atoms with Gasteiger partial charge in [-0.2, -0.15) is 0 Å². The summed E-state index contributed by atoms with van der Waals surface area (Å²) in [6, 6.07) is 12.8. The number of ether oxygens (including phenoxy) is 1. The monoisotopic (exact) mass is 243 g/mol. The predicted molar refractivity (Wildman–Crippen MR) is 67.8 cm³/mol. The van der Waals surface area contributed by atoms with Crippen molar-refractivity contribution in [1.82, 2.24) is 4.98 Å². The van der Waals surface area contributed by atoms with Crippen molar-refractivity contribution in [1.29, 1.82) is 0 Å². The summed E-state index contributed by atoms with van der Waals surface area (Å²) in [5.41, 5.74) is 1.73. The van der Waals surface area contributed by atoms with Crippen molar-refractivity contribution in [2.45, 2.75) is 6.92 Å². The lowest BCUT2D eigenvalue weighted by Crippen LogP contribution is -2.04. The number of carboxylic acids is 1. The molecule has 0 aliphatic carbocycles. The first-order valence-electron chi connectivity index (χ1n) is 5.65. The van der Waals surface area contributed by atoms with Crippen LogP contribution in [-0.4, -0.2) is 22.7 Å². The Balaban J connectivity index is 2.50. The zero-order valence-electron chi connectivity index (χ0n) is 9.96. The molecule has 0 aliphatic rings. The maximum absolute atomic E-state index is 10.9. The van der Waals surface area contributed by atoms with Crippen molar-refractivity contribution < 1.29 is 14.6 Å². The van der Waals surface area contributed by atoms with E-state index in [1.165, 1.54) is 6.07 Å². The molecule has 0 unspecified atom stereocenters. The fourth-order valence-corrected chi connectivity index (χ4v) is 1.64. The molecule has 18 heavy (non-hydrogen) atoms. The number of pyridine rings is 1. The van der Waals surface area contributed by atoms with E-state index in [0.717, 1.165) is 11.1 Å². The first kappa shape index (κ1) is 12.1. The highest BCUT2D eigenvalue weighted by atomic mass is 16.5. The Hall–Kier alpha value is -2.36. The molecular weight excluding hydrogens is 230 g/mol. The highest BCUT2D eigenvalue weighted by molar-refractivity contribution is 5.86.